The standard InChI is InChI=1S/C12H26N4O/c1-10-4-3-5-11(8-10)9-15-12(16-13)14-6-7-17-2/h10-11H,3-9,13H2,1-2H3,(H2,14,15,16). The molecule has 0 amide bonds. The summed E-state index contributed by atoms with van der Waals surface area (Å²) in [5.41, 5.74) is 2.60. The number of methoxy groups -OCH3 is 1. The van der Waals surface area contributed by atoms with E-state index >= 15 is 0 Å². The van der Waals surface area contributed by atoms with Crippen LogP contribution in [0.1, 0.15) is 32.6 Å². The lowest BCUT2D eigenvalue weighted by Crippen LogP contribution is -2.43. The maximum atomic E-state index is 5.41. The van der Waals surface area contributed by atoms with Gasteiger partial charge in [-0.2, -0.15) is 0 Å². The highest BCUT2D eigenvalue weighted by atomic mass is 16.5. The van der Waals surface area contributed by atoms with E-state index in [0.717, 1.165) is 19.0 Å². The highest BCUT2D eigenvalue weighted by molar-refractivity contribution is 5.79. The van der Waals surface area contributed by atoms with Crippen LogP contribution < -0.4 is 16.6 Å². The molecule has 1 aliphatic rings. The minimum absolute atomic E-state index is 0.654. The van der Waals surface area contributed by atoms with E-state index in [-0.39, 0.29) is 0 Å². The Morgan fingerprint density at radius 1 is 1.47 bits per heavy atom. The van der Waals surface area contributed by atoms with E-state index in [1.807, 2.05) is 0 Å². The van der Waals surface area contributed by atoms with Crippen LogP contribution in [0, 0.1) is 11.8 Å². The average molecular weight is 242 g/mol. The minimum atomic E-state index is 0.654. The summed E-state index contributed by atoms with van der Waals surface area (Å²) in [4.78, 5) is 4.49. The van der Waals surface area contributed by atoms with Crippen molar-refractivity contribution in [2.45, 2.75) is 32.6 Å². The topological polar surface area (TPSA) is 71.7 Å². The minimum Gasteiger partial charge on any atom is -0.383 e. The number of nitrogens with two attached hydrogens (primary N) is 1. The lowest BCUT2D eigenvalue weighted by Gasteiger charge is -2.25. The predicted octanol–water partition coefficient (Wildman–Crippen LogP) is 0.868. The maximum absolute atomic E-state index is 5.41. The van der Waals surface area contributed by atoms with Crippen molar-refractivity contribution in [3.63, 3.8) is 0 Å². The van der Waals surface area contributed by atoms with Crippen LogP contribution in [0.25, 0.3) is 0 Å². The van der Waals surface area contributed by atoms with E-state index < -0.39 is 0 Å². The van der Waals surface area contributed by atoms with Gasteiger partial charge in [0.1, 0.15) is 0 Å². The third-order valence-corrected chi connectivity index (χ3v) is 3.29. The number of hydrazine groups is 1. The molecule has 0 saturated heterocycles. The Hall–Kier alpha value is -0.810. The molecule has 5 nitrogen and oxygen atoms in total. The second-order valence-corrected chi connectivity index (χ2v) is 4.89. The summed E-state index contributed by atoms with van der Waals surface area (Å²) in [6, 6.07) is 0. The van der Waals surface area contributed by atoms with Gasteiger partial charge in [-0.15, -0.1) is 0 Å². The largest absolute Gasteiger partial charge is 0.383 e. The number of hydrogen-bond acceptors (Lipinski definition) is 3. The highest BCUT2D eigenvalue weighted by Gasteiger charge is 2.18. The van der Waals surface area contributed by atoms with Crippen molar-refractivity contribution in [3.05, 3.63) is 0 Å². The molecule has 100 valence electrons. The first-order valence-corrected chi connectivity index (χ1v) is 6.50. The molecule has 0 aromatic rings. The molecular weight excluding hydrogens is 216 g/mol. The Morgan fingerprint density at radius 2 is 2.29 bits per heavy atom. The molecule has 2 atom stereocenters. The van der Waals surface area contributed by atoms with Crippen LogP contribution in [0.3, 0.4) is 0 Å². The molecule has 0 heterocycles. The Kier molecular flexibility index (Phi) is 6.96. The van der Waals surface area contributed by atoms with Crippen LogP contribution in [0.5, 0.6) is 0 Å². The number of aliphatic imine (C=N–C) groups is 1. The van der Waals surface area contributed by atoms with Crippen LogP contribution in [-0.4, -0.2) is 32.8 Å². The van der Waals surface area contributed by atoms with Crippen LogP contribution >= 0.6 is 0 Å². The predicted molar refractivity (Wildman–Crippen MR) is 70.6 cm³/mol. The third kappa shape index (κ3) is 5.89. The number of ether oxygens (including phenoxy) is 1. The third-order valence-electron chi connectivity index (χ3n) is 3.29. The first-order valence-electron chi connectivity index (χ1n) is 6.50. The molecule has 0 aromatic heterocycles. The van der Waals surface area contributed by atoms with Crippen LogP contribution in [0.2, 0.25) is 0 Å². The molecule has 1 aliphatic carbocycles. The lowest BCUT2D eigenvalue weighted by molar-refractivity contribution is 0.203. The number of guanidine groups is 1. The van der Waals surface area contributed by atoms with E-state index in [0.29, 0.717) is 18.5 Å². The Bertz CT molecular complexity index is 233. The summed E-state index contributed by atoms with van der Waals surface area (Å²) in [5.74, 6) is 7.64. The molecule has 5 heteroatoms. The van der Waals surface area contributed by atoms with Gasteiger partial charge in [-0.1, -0.05) is 19.8 Å². The van der Waals surface area contributed by atoms with Crippen molar-refractivity contribution in [1.82, 2.24) is 10.7 Å². The SMILES string of the molecule is COCCNC(=NCC1CCCC(C)C1)NN. The van der Waals surface area contributed by atoms with E-state index in [1.165, 1.54) is 25.7 Å². The molecular formula is C12H26N4O. The van der Waals surface area contributed by atoms with E-state index in [4.69, 9.17) is 10.6 Å². The zero-order chi connectivity index (χ0) is 12.5. The van der Waals surface area contributed by atoms with E-state index in [1.54, 1.807) is 7.11 Å². The highest BCUT2D eigenvalue weighted by Crippen LogP contribution is 2.28. The molecule has 1 saturated carbocycles. The summed E-state index contributed by atoms with van der Waals surface area (Å²) in [7, 11) is 1.68. The van der Waals surface area contributed by atoms with Gasteiger partial charge in [0.25, 0.3) is 0 Å². The second kappa shape index (κ2) is 8.31. The number of nitrogens with one attached hydrogen (secondary N) is 2. The van der Waals surface area contributed by atoms with Crippen LogP contribution in [-0.2, 0) is 4.74 Å². The first kappa shape index (κ1) is 14.3. The zero-order valence-corrected chi connectivity index (χ0v) is 11.0. The quantitative estimate of drug-likeness (QED) is 0.220. The maximum Gasteiger partial charge on any atom is 0.205 e. The van der Waals surface area contributed by atoms with Gasteiger partial charge in [0, 0.05) is 20.2 Å². The van der Waals surface area contributed by atoms with Gasteiger partial charge in [0.15, 0.2) is 0 Å². The fourth-order valence-corrected chi connectivity index (χ4v) is 2.37. The normalized spacial score (nSPS) is 25.7. The second-order valence-electron chi connectivity index (χ2n) is 4.89. The molecule has 0 aliphatic heterocycles. The Labute approximate surface area is 104 Å². The monoisotopic (exact) mass is 242 g/mol. The van der Waals surface area contributed by atoms with Crippen molar-refractivity contribution in [2.24, 2.45) is 22.7 Å². The van der Waals surface area contributed by atoms with Gasteiger partial charge in [-0.05, 0) is 24.7 Å². The van der Waals surface area contributed by atoms with E-state index in [9.17, 15) is 0 Å². The molecule has 0 radical (unpaired) electrons. The zero-order valence-electron chi connectivity index (χ0n) is 11.0. The summed E-state index contributed by atoms with van der Waals surface area (Å²) < 4.78 is 4.96. The smallest absolute Gasteiger partial charge is 0.205 e. The summed E-state index contributed by atoms with van der Waals surface area (Å²) in [6.45, 7) is 4.57. The molecule has 1 fully saturated rings. The van der Waals surface area contributed by atoms with Crippen LogP contribution in [0.15, 0.2) is 4.99 Å². The van der Waals surface area contributed by atoms with Gasteiger partial charge in [0.2, 0.25) is 5.96 Å². The first-order chi connectivity index (χ1) is 8.26. The molecule has 4 N–H and O–H groups in total. The fourth-order valence-electron chi connectivity index (χ4n) is 2.37. The summed E-state index contributed by atoms with van der Waals surface area (Å²) >= 11 is 0. The van der Waals surface area contributed by atoms with Gasteiger partial charge in [-0.3, -0.25) is 10.4 Å². The summed E-state index contributed by atoms with van der Waals surface area (Å²) in [6.07, 6.45) is 5.29. The van der Waals surface area contributed by atoms with Gasteiger partial charge >= 0.3 is 0 Å². The molecule has 1 rings (SSSR count). The molecule has 0 aromatic carbocycles. The number of nitrogens with zero attached hydrogens (tertiary/aromatic N) is 1. The van der Waals surface area contributed by atoms with Gasteiger partial charge in [-0.25, -0.2) is 5.84 Å². The van der Waals surface area contributed by atoms with E-state index in [2.05, 4.69) is 22.7 Å². The Morgan fingerprint density at radius 3 is 2.94 bits per heavy atom. The number of hydrogen-bond donors (Lipinski definition) is 3. The molecule has 17 heavy (non-hydrogen) atoms. The Balaban J connectivity index is 2.27. The van der Waals surface area contributed by atoms with Crippen molar-refractivity contribution < 1.29 is 4.74 Å². The van der Waals surface area contributed by atoms with Crippen molar-refractivity contribution in [1.29, 1.82) is 0 Å². The van der Waals surface area contributed by atoms with Gasteiger partial charge < -0.3 is 10.1 Å². The molecule has 0 bridgehead atoms. The van der Waals surface area contributed by atoms with Crippen molar-refractivity contribution >= 4 is 5.96 Å². The van der Waals surface area contributed by atoms with Crippen LogP contribution in [0.4, 0.5) is 0 Å². The number of rotatable bonds is 5. The molecule has 0 spiro atoms. The fraction of sp³-hybridized carbons (Fsp3) is 0.917. The average Bonchev–Trinajstić information content (AvgIpc) is 2.34. The molecule has 2 unspecified atom stereocenters. The van der Waals surface area contributed by atoms with Gasteiger partial charge in [0.05, 0.1) is 6.61 Å². The van der Waals surface area contributed by atoms with Crippen molar-refractivity contribution in [2.75, 3.05) is 26.8 Å². The van der Waals surface area contributed by atoms with Crippen molar-refractivity contribution in [3.8, 4) is 0 Å². The summed E-state index contributed by atoms with van der Waals surface area (Å²) in [5, 5.41) is 3.11. The lowest BCUT2D eigenvalue weighted by atomic mass is 9.82.